The highest BCUT2D eigenvalue weighted by Gasteiger charge is 2.44. The Balaban J connectivity index is 1.56. The van der Waals surface area contributed by atoms with Gasteiger partial charge in [-0.25, -0.2) is 0 Å². The van der Waals surface area contributed by atoms with E-state index in [0.29, 0.717) is 12.0 Å². The topological polar surface area (TPSA) is 35.5 Å². The molecule has 0 amide bonds. The molecule has 2 bridgehead atoms. The van der Waals surface area contributed by atoms with Crippen LogP contribution < -0.4 is 5.32 Å². The number of aliphatic hydroxyl groups is 1. The summed E-state index contributed by atoms with van der Waals surface area (Å²) in [6, 6.07) is 8.80. The fraction of sp³-hybridized carbons (Fsp3) is 0.579. The zero-order valence-corrected chi connectivity index (χ0v) is 13.1. The maximum absolute atomic E-state index is 11.1. The Morgan fingerprint density at radius 3 is 2.95 bits per heavy atom. The maximum Gasteiger partial charge on any atom is 0.0765 e. The molecule has 4 aliphatic heterocycles. The summed E-state index contributed by atoms with van der Waals surface area (Å²) in [5.41, 5.74) is 2.50. The van der Waals surface area contributed by atoms with Crippen molar-refractivity contribution in [1.82, 2.24) is 4.90 Å². The molecule has 0 spiro atoms. The van der Waals surface area contributed by atoms with E-state index < -0.39 is 0 Å². The normalized spacial score (nSPS) is 38.0. The van der Waals surface area contributed by atoms with Crippen molar-refractivity contribution in [2.24, 2.45) is 11.8 Å². The fourth-order valence-corrected chi connectivity index (χ4v) is 4.85. The molecule has 3 nitrogen and oxygen atoms in total. The van der Waals surface area contributed by atoms with Crippen LogP contribution in [0.4, 0.5) is 5.69 Å². The van der Waals surface area contributed by atoms with E-state index in [1.807, 2.05) is 0 Å². The van der Waals surface area contributed by atoms with Crippen molar-refractivity contribution in [3.05, 3.63) is 42.5 Å². The Labute approximate surface area is 133 Å². The van der Waals surface area contributed by atoms with Crippen LogP contribution in [0, 0.1) is 11.8 Å². The predicted molar refractivity (Wildman–Crippen MR) is 90.1 cm³/mol. The van der Waals surface area contributed by atoms with Gasteiger partial charge in [0, 0.05) is 30.7 Å². The van der Waals surface area contributed by atoms with Crippen molar-refractivity contribution in [3.63, 3.8) is 0 Å². The largest absolute Gasteiger partial charge is 0.391 e. The number of fused-ring (bicyclic) bond motifs is 4. The van der Waals surface area contributed by atoms with E-state index in [9.17, 15) is 5.11 Å². The minimum Gasteiger partial charge on any atom is -0.391 e. The summed E-state index contributed by atoms with van der Waals surface area (Å²) < 4.78 is 0. The van der Waals surface area contributed by atoms with Crippen molar-refractivity contribution in [2.75, 3.05) is 25.0 Å². The van der Waals surface area contributed by atoms with Gasteiger partial charge in [-0.1, -0.05) is 24.3 Å². The quantitative estimate of drug-likeness (QED) is 0.842. The lowest BCUT2D eigenvalue weighted by Gasteiger charge is -2.52. The lowest BCUT2D eigenvalue weighted by atomic mass is 9.71. The van der Waals surface area contributed by atoms with E-state index >= 15 is 0 Å². The lowest BCUT2D eigenvalue weighted by Crippen LogP contribution is -2.58. The van der Waals surface area contributed by atoms with E-state index in [0.717, 1.165) is 38.4 Å². The summed E-state index contributed by atoms with van der Waals surface area (Å²) in [6.45, 7) is 7.19. The van der Waals surface area contributed by atoms with Crippen LogP contribution in [0.15, 0.2) is 36.9 Å². The Morgan fingerprint density at radius 2 is 2.18 bits per heavy atom. The van der Waals surface area contributed by atoms with Gasteiger partial charge in [0.2, 0.25) is 0 Å². The predicted octanol–water partition coefficient (Wildman–Crippen LogP) is 2.84. The first kappa shape index (κ1) is 14.3. The first-order chi connectivity index (χ1) is 10.8. The van der Waals surface area contributed by atoms with Crippen LogP contribution in [0.5, 0.6) is 0 Å². The highest BCUT2D eigenvalue weighted by Crippen LogP contribution is 2.42. The molecule has 0 aliphatic carbocycles. The fourth-order valence-electron chi connectivity index (χ4n) is 4.85. The SMILES string of the molecule is C=CC1CN2CC[C@H]1C[C@H]2[C@H](O)C1CCNc2ccccc21. The number of aliphatic hydroxyl groups excluding tert-OH is 1. The second kappa shape index (κ2) is 5.71. The molecule has 0 radical (unpaired) electrons. The summed E-state index contributed by atoms with van der Waals surface area (Å²) in [5, 5.41) is 14.6. The Kier molecular flexibility index (Phi) is 3.71. The molecule has 1 aromatic rings. The number of hydrogen-bond donors (Lipinski definition) is 2. The van der Waals surface area contributed by atoms with E-state index in [2.05, 4.69) is 47.1 Å². The van der Waals surface area contributed by atoms with Crippen LogP contribution >= 0.6 is 0 Å². The molecule has 0 aromatic heterocycles. The van der Waals surface area contributed by atoms with Gasteiger partial charge in [-0.15, -0.1) is 6.58 Å². The van der Waals surface area contributed by atoms with Gasteiger partial charge in [0.25, 0.3) is 0 Å². The molecule has 1 aromatic carbocycles. The molecule has 2 N–H and O–H groups in total. The standard InChI is InChI=1S/C19H26N2O/c1-2-13-12-21-10-8-14(13)11-18(21)19(22)16-7-9-20-17-6-4-3-5-15(16)17/h2-6,13-14,16,18-20,22H,1,7-12H2/t13?,14-,16?,18-,19+/m0/s1. The molecule has 3 heteroatoms. The number of anilines is 1. The zero-order valence-electron chi connectivity index (χ0n) is 13.1. The third kappa shape index (κ3) is 2.27. The van der Waals surface area contributed by atoms with Crippen LogP contribution in [-0.2, 0) is 0 Å². The highest BCUT2D eigenvalue weighted by molar-refractivity contribution is 5.55. The van der Waals surface area contributed by atoms with E-state index in [-0.39, 0.29) is 12.0 Å². The Hall–Kier alpha value is -1.32. The summed E-state index contributed by atoms with van der Waals surface area (Å²) in [6.07, 6.45) is 5.29. The van der Waals surface area contributed by atoms with Crippen molar-refractivity contribution < 1.29 is 5.11 Å². The highest BCUT2D eigenvalue weighted by atomic mass is 16.3. The average Bonchev–Trinajstić information content (AvgIpc) is 2.60. The summed E-state index contributed by atoms with van der Waals surface area (Å²) in [7, 11) is 0. The number of rotatable bonds is 3. The molecule has 3 unspecified atom stereocenters. The third-order valence-corrected chi connectivity index (χ3v) is 6.09. The minimum absolute atomic E-state index is 0.253. The molecule has 0 saturated carbocycles. The zero-order chi connectivity index (χ0) is 15.1. The van der Waals surface area contributed by atoms with E-state index in [4.69, 9.17) is 0 Å². The van der Waals surface area contributed by atoms with Gasteiger partial charge >= 0.3 is 0 Å². The first-order valence-corrected chi connectivity index (χ1v) is 8.65. The second-order valence-electron chi connectivity index (χ2n) is 7.15. The van der Waals surface area contributed by atoms with Gasteiger partial charge < -0.3 is 10.4 Å². The van der Waals surface area contributed by atoms with Crippen LogP contribution in [0.25, 0.3) is 0 Å². The molecule has 6 atom stereocenters. The summed E-state index contributed by atoms with van der Waals surface area (Å²) in [5.74, 6) is 1.61. The number of hydrogen-bond acceptors (Lipinski definition) is 3. The molecular formula is C19H26N2O. The first-order valence-electron chi connectivity index (χ1n) is 8.65. The number of benzene rings is 1. The van der Waals surface area contributed by atoms with Crippen LogP contribution in [-0.4, -0.2) is 41.8 Å². The molecule has 4 heterocycles. The van der Waals surface area contributed by atoms with E-state index in [1.165, 1.54) is 17.7 Å². The van der Waals surface area contributed by atoms with Crippen molar-refractivity contribution in [3.8, 4) is 0 Å². The monoisotopic (exact) mass is 298 g/mol. The number of nitrogens with one attached hydrogen (secondary N) is 1. The lowest BCUT2D eigenvalue weighted by molar-refractivity contribution is -0.0532. The van der Waals surface area contributed by atoms with Gasteiger partial charge in [-0.3, -0.25) is 4.90 Å². The van der Waals surface area contributed by atoms with Gasteiger partial charge in [0.15, 0.2) is 0 Å². The number of nitrogens with zero attached hydrogens (tertiary/aromatic N) is 1. The molecule has 5 rings (SSSR count). The number of piperidine rings is 3. The third-order valence-electron chi connectivity index (χ3n) is 6.09. The van der Waals surface area contributed by atoms with Gasteiger partial charge in [0.1, 0.15) is 0 Å². The van der Waals surface area contributed by atoms with Crippen molar-refractivity contribution in [1.29, 1.82) is 0 Å². The molecule has 3 fully saturated rings. The molecule has 3 saturated heterocycles. The molecule has 4 aliphatic rings. The maximum atomic E-state index is 11.1. The van der Waals surface area contributed by atoms with Crippen molar-refractivity contribution >= 4 is 5.69 Å². The second-order valence-corrected chi connectivity index (χ2v) is 7.15. The molecular weight excluding hydrogens is 272 g/mol. The Morgan fingerprint density at radius 1 is 1.32 bits per heavy atom. The van der Waals surface area contributed by atoms with Crippen LogP contribution in [0.1, 0.15) is 30.7 Å². The Bertz CT molecular complexity index is 558. The minimum atomic E-state index is -0.253. The summed E-state index contributed by atoms with van der Waals surface area (Å²) >= 11 is 0. The van der Waals surface area contributed by atoms with Crippen LogP contribution in [0.2, 0.25) is 0 Å². The molecule has 118 valence electrons. The van der Waals surface area contributed by atoms with Crippen molar-refractivity contribution in [2.45, 2.75) is 37.3 Å². The van der Waals surface area contributed by atoms with Gasteiger partial charge in [-0.2, -0.15) is 0 Å². The van der Waals surface area contributed by atoms with Gasteiger partial charge in [-0.05, 0) is 49.3 Å². The number of para-hydroxylation sites is 1. The van der Waals surface area contributed by atoms with E-state index in [1.54, 1.807) is 0 Å². The van der Waals surface area contributed by atoms with Crippen LogP contribution in [0.3, 0.4) is 0 Å². The average molecular weight is 298 g/mol. The summed E-state index contributed by atoms with van der Waals surface area (Å²) in [4.78, 5) is 2.52. The smallest absolute Gasteiger partial charge is 0.0765 e. The molecule has 22 heavy (non-hydrogen) atoms. The van der Waals surface area contributed by atoms with Gasteiger partial charge in [0.05, 0.1) is 6.10 Å².